The van der Waals surface area contributed by atoms with Crippen LogP contribution in [0.2, 0.25) is 0 Å². The Morgan fingerprint density at radius 1 is 1.07 bits per heavy atom. The summed E-state index contributed by atoms with van der Waals surface area (Å²) in [7, 11) is 0. The summed E-state index contributed by atoms with van der Waals surface area (Å²) in [5, 5.41) is 19.0. The average molecular weight is 586 g/mol. The van der Waals surface area contributed by atoms with Crippen LogP contribution in [0.3, 0.4) is 0 Å². The molecule has 1 aromatic carbocycles. The van der Waals surface area contributed by atoms with Gasteiger partial charge in [0.05, 0.1) is 18.7 Å². The van der Waals surface area contributed by atoms with Gasteiger partial charge in [0, 0.05) is 25.7 Å². The van der Waals surface area contributed by atoms with Crippen molar-refractivity contribution in [3.05, 3.63) is 60.3 Å². The van der Waals surface area contributed by atoms with Gasteiger partial charge in [0.2, 0.25) is 11.8 Å². The Morgan fingerprint density at radius 3 is 2.52 bits per heavy atom. The smallest absolute Gasteiger partial charge is 0.480 e. The quantitative estimate of drug-likeness (QED) is 0.213. The Morgan fingerprint density at radius 2 is 1.83 bits per heavy atom. The average Bonchev–Trinajstić information content (AvgIpc) is 3.36. The van der Waals surface area contributed by atoms with Gasteiger partial charge >= 0.3 is 12.1 Å². The molecule has 0 radical (unpaired) electrons. The first-order valence-corrected chi connectivity index (χ1v) is 13.9. The maximum Gasteiger partial charge on any atom is 0.528 e. The van der Waals surface area contributed by atoms with Crippen LogP contribution in [0.4, 0.5) is 10.6 Å². The van der Waals surface area contributed by atoms with E-state index >= 15 is 0 Å². The molecule has 2 amide bonds. The second-order valence-electron chi connectivity index (χ2n) is 10.3. The molecule has 4 N–H and O–H groups in total. The number of rotatable bonds is 16. The summed E-state index contributed by atoms with van der Waals surface area (Å²) >= 11 is 0. The van der Waals surface area contributed by atoms with Crippen molar-refractivity contribution >= 4 is 29.8 Å². The second-order valence-corrected chi connectivity index (χ2v) is 10.3. The van der Waals surface area contributed by atoms with E-state index in [-0.39, 0.29) is 44.7 Å². The number of aromatic nitrogens is 1. The van der Waals surface area contributed by atoms with Crippen molar-refractivity contribution in [2.24, 2.45) is 5.92 Å². The number of nitrogens with zero attached hydrogens (tertiary/aromatic N) is 2. The molecule has 3 unspecified atom stereocenters. The lowest BCUT2D eigenvalue weighted by molar-refractivity contribution is -0.144. The minimum absolute atomic E-state index is 0.0555. The predicted molar refractivity (Wildman–Crippen MR) is 152 cm³/mol. The zero-order valence-electron chi connectivity index (χ0n) is 23.9. The van der Waals surface area contributed by atoms with Crippen LogP contribution in [0, 0.1) is 5.92 Å². The van der Waals surface area contributed by atoms with Gasteiger partial charge in [-0.1, -0.05) is 50.2 Å². The molecule has 0 saturated carbocycles. The Kier molecular flexibility index (Phi) is 13.0. The number of hydrogen-bond acceptors (Lipinski definition) is 10. The minimum atomic E-state index is -1.26. The topological polar surface area (TPSA) is 168 Å². The lowest BCUT2D eigenvalue weighted by Crippen LogP contribution is -2.49. The maximum atomic E-state index is 12.4. The number of anilines is 1. The van der Waals surface area contributed by atoms with E-state index in [0.717, 1.165) is 5.56 Å². The Balaban J connectivity index is 1.48. The van der Waals surface area contributed by atoms with Crippen molar-refractivity contribution in [1.29, 1.82) is 0 Å². The lowest BCUT2D eigenvalue weighted by Gasteiger charge is -2.22. The van der Waals surface area contributed by atoms with E-state index in [2.05, 4.69) is 20.9 Å². The molecule has 3 rings (SSSR count). The molecule has 0 aliphatic carbocycles. The summed E-state index contributed by atoms with van der Waals surface area (Å²) in [5.74, 6) is -1.22. The molecular formula is C29H39N5O8. The van der Waals surface area contributed by atoms with E-state index in [1.807, 2.05) is 56.3 Å². The fourth-order valence-electron chi connectivity index (χ4n) is 4.14. The molecule has 3 atom stereocenters. The van der Waals surface area contributed by atoms with Gasteiger partial charge in [-0.05, 0) is 36.5 Å². The number of aliphatic carboxylic acids is 1. The normalized spacial score (nSPS) is 17.3. The van der Waals surface area contributed by atoms with Gasteiger partial charge in [-0.15, -0.1) is 5.06 Å². The second kappa shape index (κ2) is 16.9. The number of hydroxylamine groups is 2. The number of amides is 2. The van der Waals surface area contributed by atoms with Crippen LogP contribution in [-0.2, 0) is 35.3 Å². The number of carboxylic acid groups (broad SMARTS) is 1. The highest BCUT2D eigenvalue weighted by Crippen LogP contribution is 2.22. The summed E-state index contributed by atoms with van der Waals surface area (Å²) in [6.45, 7) is 3.93. The zero-order chi connectivity index (χ0) is 30.3. The third-order valence-electron chi connectivity index (χ3n) is 6.44. The summed E-state index contributed by atoms with van der Waals surface area (Å²) in [5.41, 5.74) is 0.816. The van der Waals surface area contributed by atoms with Gasteiger partial charge in [-0.3, -0.25) is 9.59 Å². The van der Waals surface area contributed by atoms with Crippen LogP contribution in [0.5, 0.6) is 0 Å². The number of benzene rings is 1. The first-order valence-electron chi connectivity index (χ1n) is 13.9. The van der Waals surface area contributed by atoms with Crippen molar-refractivity contribution in [3.63, 3.8) is 0 Å². The Hall–Kier alpha value is -4.23. The highest BCUT2D eigenvalue weighted by atomic mass is 16.8. The molecule has 1 fully saturated rings. The molecule has 228 valence electrons. The van der Waals surface area contributed by atoms with Crippen LogP contribution >= 0.6 is 0 Å². The number of carbonyl (C=O) groups excluding carboxylic acids is 3. The molecule has 42 heavy (non-hydrogen) atoms. The van der Waals surface area contributed by atoms with Gasteiger partial charge in [0.15, 0.2) is 0 Å². The fraction of sp³-hybridized carbons (Fsp3) is 0.483. The first-order chi connectivity index (χ1) is 20.2. The number of hydrogen-bond donors (Lipinski definition) is 4. The monoisotopic (exact) mass is 585 g/mol. The van der Waals surface area contributed by atoms with Crippen LogP contribution in [0.25, 0.3) is 0 Å². The SMILES string of the molecule is CC(C)CCC(=O)NC(CNC(=O)COC1CC(CNc2ccccn2)N(OC(=O)OCc2ccccc2)C1)C(=O)O. The van der Waals surface area contributed by atoms with Gasteiger partial charge in [0.1, 0.15) is 25.1 Å². The third kappa shape index (κ3) is 11.7. The largest absolute Gasteiger partial charge is 0.528 e. The minimum Gasteiger partial charge on any atom is -0.480 e. The van der Waals surface area contributed by atoms with E-state index in [4.69, 9.17) is 14.3 Å². The van der Waals surface area contributed by atoms with E-state index in [0.29, 0.717) is 31.1 Å². The zero-order valence-corrected chi connectivity index (χ0v) is 23.9. The van der Waals surface area contributed by atoms with Crippen molar-refractivity contribution in [2.45, 2.75) is 57.9 Å². The number of ether oxygens (including phenoxy) is 2. The number of pyridine rings is 1. The maximum absolute atomic E-state index is 12.4. The van der Waals surface area contributed by atoms with Crippen LogP contribution < -0.4 is 16.0 Å². The highest BCUT2D eigenvalue weighted by molar-refractivity contribution is 5.84. The van der Waals surface area contributed by atoms with Crippen molar-refractivity contribution in [1.82, 2.24) is 20.7 Å². The molecule has 1 aliphatic rings. The number of carbonyl (C=O) groups is 4. The standard InChI is InChI=1S/C29H39N5O8/c1-20(2)11-12-26(35)33-24(28(37)38)16-32-27(36)19-40-23-14-22(15-31-25-10-6-7-13-30-25)34(17-23)42-29(39)41-18-21-8-4-3-5-9-21/h3-10,13,20,22-24H,11-12,14-19H2,1-2H3,(H,30,31)(H,32,36)(H,33,35)(H,37,38). The van der Waals surface area contributed by atoms with Crippen LogP contribution in [0.15, 0.2) is 54.7 Å². The Labute approximate surface area is 244 Å². The van der Waals surface area contributed by atoms with E-state index in [1.165, 1.54) is 5.06 Å². The van der Waals surface area contributed by atoms with E-state index in [9.17, 15) is 24.3 Å². The molecule has 13 nitrogen and oxygen atoms in total. The highest BCUT2D eigenvalue weighted by Gasteiger charge is 2.36. The van der Waals surface area contributed by atoms with Crippen LogP contribution in [0.1, 0.15) is 38.7 Å². The van der Waals surface area contributed by atoms with Crippen LogP contribution in [-0.4, -0.2) is 83.5 Å². The Bertz CT molecular complexity index is 1150. The summed E-state index contributed by atoms with van der Waals surface area (Å²) in [6, 6.07) is 13.1. The molecule has 1 aromatic heterocycles. The third-order valence-corrected chi connectivity index (χ3v) is 6.44. The van der Waals surface area contributed by atoms with Crippen molar-refractivity contribution in [2.75, 3.05) is 31.6 Å². The van der Waals surface area contributed by atoms with Gasteiger partial charge in [-0.25, -0.2) is 14.6 Å². The van der Waals surface area contributed by atoms with E-state index < -0.39 is 30.2 Å². The molecular weight excluding hydrogens is 546 g/mol. The van der Waals surface area contributed by atoms with Gasteiger partial charge in [0.25, 0.3) is 0 Å². The molecule has 1 saturated heterocycles. The van der Waals surface area contributed by atoms with Crippen molar-refractivity contribution in [3.8, 4) is 0 Å². The first kappa shape index (κ1) is 32.3. The molecule has 0 bridgehead atoms. The number of carboxylic acids is 1. The molecule has 2 aromatic rings. The predicted octanol–water partition coefficient (Wildman–Crippen LogP) is 2.34. The molecule has 2 heterocycles. The molecule has 0 spiro atoms. The van der Waals surface area contributed by atoms with Crippen molar-refractivity contribution < 1.29 is 38.6 Å². The number of nitrogens with one attached hydrogen (secondary N) is 3. The lowest BCUT2D eigenvalue weighted by atomic mass is 10.1. The summed E-state index contributed by atoms with van der Waals surface area (Å²) < 4.78 is 11.0. The molecule has 13 heteroatoms. The van der Waals surface area contributed by atoms with Gasteiger partial charge < -0.3 is 35.4 Å². The summed E-state index contributed by atoms with van der Waals surface area (Å²) in [6.07, 6.45) is 1.60. The van der Waals surface area contributed by atoms with Gasteiger partial charge in [-0.2, -0.15) is 0 Å². The summed E-state index contributed by atoms with van der Waals surface area (Å²) in [4.78, 5) is 58.1. The van der Waals surface area contributed by atoms with E-state index in [1.54, 1.807) is 12.3 Å². The fourth-order valence-corrected chi connectivity index (χ4v) is 4.14. The molecule has 1 aliphatic heterocycles.